The van der Waals surface area contributed by atoms with Crippen LogP contribution in [0.4, 0.5) is 10.9 Å². The third kappa shape index (κ3) is 3.77. The number of likely N-dealkylation sites (tertiary alicyclic amines) is 1. The molecule has 1 amide bonds. The quantitative estimate of drug-likeness (QED) is 0.892. The summed E-state index contributed by atoms with van der Waals surface area (Å²) in [4.78, 5) is 18.7. The van der Waals surface area contributed by atoms with Crippen molar-refractivity contribution in [1.82, 2.24) is 20.1 Å². The fraction of sp³-hybridized carbons (Fsp3) is 0.429. The monoisotopic (exact) mass is 318 g/mol. The molecule has 0 saturated carbocycles. The molecule has 0 aliphatic carbocycles. The Morgan fingerprint density at radius 3 is 2.82 bits per heavy atom. The minimum atomic E-state index is -0.227. The molecule has 1 aliphatic heterocycles. The number of carbonyl (C=O) groups excluding carboxylic acids is 1. The molecule has 1 fully saturated rings. The van der Waals surface area contributed by atoms with Gasteiger partial charge in [0.1, 0.15) is 11.3 Å². The van der Waals surface area contributed by atoms with E-state index in [1.807, 2.05) is 6.07 Å². The second kappa shape index (κ2) is 6.80. The van der Waals surface area contributed by atoms with Crippen LogP contribution in [0.15, 0.2) is 23.8 Å². The molecule has 3 rings (SSSR count). The number of hydrogen-bond donors (Lipinski definition) is 2. The van der Waals surface area contributed by atoms with Gasteiger partial charge in [-0.15, -0.1) is 10.2 Å². The third-order valence-corrected chi connectivity index (χ3v) is 4.28. The summed E-state index contributed by atoms with van der Waals surface area (Å²) in [6, 6.07) is 4.05. The predicted molar refractivity (Wildman–Crippen MR) is 86.2 cm³/mol. The fourth-order valence-electron chi connectivity index (χ4n) is 2.37. The summed E-state index contributed by atoms with van der Waals surface area (Å²) in [5.74, 6) is 0.581. The molecule has 1 saturated heterocycles. The van der Waals surface area contributed by atoms with Crippen LogP contribution in [-0.4, -0.2) is 52.2 Å². The van der Waals surface area contributed by atoms with Crippen molar-refractivity contribution in [3.05, 3.63) is 29.4 Å². The number of rotatable bonds is 4. The number of nitrogens with one attached hydrogen (secondary N) is 2. The van der Waals surface area contributed by atoms with Gasteiger partial charge < -0.3 is 10.2 Å². The van der Waals surface area contributed by atoms with Crippen LogP contribution in [0.2, 0.25) is 0 Å². The molecule has 2 aromatic rings. The maximum absolute atomic E-state index is 12.0. The maximum atomic E-state index is 12.0. The van der Waals surface area contributed by atoms with E-state index < -0.39 is 0 Å². The summed E-state index contributed by atoms with van der Waals surface area (Å²) in [6.45, 7) is 2.19. The summed E-state index contributed by atoms with van der Waals surface area (Å²) in [5, 5.41) is 14.1. The van der Waals surface area contributed by atoms with Crippen molar-refractivity contribution in [3.63, 3.8) is 0 Å². The topological polar surface area (TPSA) is 83.0 Å². The first-order chi connectivity index (χ1) is 10.7. The standard InChI is InChI=1S/C14H18N6OS/c1-20-6-4-11(5-7-20)17-12-3-2-10(8-15-12)13(21)18-14-19-16-9-22-14/h2-3,8-9,11H,4-7H2,1H3,(H,15,17)(H,18,19,21). The molecule has 1 aliphatic rings. The highest BCUT2D eigenvalue weighted by atomic mass is 32.1. The van der Waals surface area contributed by atoms with Crippen LogP contribution in [0.5, 0.6) is 0 Å². The molecule has 3 heterocycles. The predicted octanol–water partition coefficient (Wildman–Crippen LogP) is 1.69. The van der Waals surface area contributed by atoms with Crippen molar-refractivity contribution >= 4 is 28.2 Å². The summed E-state index contributed by atoms with van der Waals surface area (Å²) in [6.07, 6.45) is 3.79. The minimum absolute atomic E-state index is 0.227. The van der Waals surface area contributed by atoms with Crippen LogP contribution in [-0.2, 0) is 0 Å². The highest BCUT2D eigenvalue weighted by Crippen LogP contribution is 2.15. The zero-order chi connectivity index (χ0) is 15.4. The van der Waals surface area contributed by atoms with Crippen LogP contribution in [0.3, 0.4) is 0 Å². The number of pyridine rings is 1. The van der Waals surface area contributed by atoms with E-state index in [4.69, 9.17) is 0 Å². The Labute approximate surface area is 132 Å². The van der Waals surface area contributed by atoms with Gasteiger partial charge in [-0.05, 0) is 45.1 Å². The van der Waals surface area contributed by atoms with Gasteiger partial charge >= 0.3 is 0 Å². The SMILES string of the molecule is CN1CCC(Nc2ccc(C(=O)Nc3nncs3)cn2)CC1. The van der Waals surface area contributed by atoms with E-state index in [0.29, 0.717) is 16.7 Å². The van der Waals surface area contributed by atoms with Crippen molar-refractivity contribution in [2.24, 2.45) is 0 Å². The first-order valence-electron chi connectivity index (χ1n) is 7.19. The molecule has 7 nitrogen and oxygen atoms in total. The van der Waals surface area contributed by atoms with Crippen molar-refractivity contribution in [3.8, 4) is 0 Å². The van der Waals surface area contributed by atoms with Crippen molar-refractivity contribution < 1.29 is 4.79 Å². The van der Waals surface area contributed by atoms with Gasteiger partial charge in [-0.1, -0.05) is 11.3 Å². The molecular weight excluding hydrogens is 300 g/mol. The average molecular weight is 318 g/mol. The Bertz CT molecular complexity index is 607. The van der Waals surface area contributed by atoms with Crippen LogP contribution < -0.4 is 10.6 Å². The average Bonchev–Trinajstić information content (AvgIpc) is 3.03. The van der Waals surface area contributed by atoms with Gasteiger partial charge in [-0.3, -0.25) is 10.1 Å². The molecule has 22 heavy (non-hydrogen) atoms. The zero-order valence-electron chi connectivity index (χ0n) is 12.3. The van der Waals surface area contributed by atoms with E-state index in [1.54, 1.807) is 17.8 Å². The Kier molecular flexibility index (Phi) is 4.59. The molecule has 2 aromatic heterocycles. The smallest absolute Gasteiger partial charge is 0.259 e. The molecule has 8 heteroatoms. The number of piperidine rings is 1. The van der Waals surface area contributed by atoms with E-state index in [2.05, 4.69) is 37.8 Å². The van der Waals surface area contributed by atoms with E-state index in [9.17, 15) is 4.79 Å². The molecule has 2 N–H and O–H groups in total. The number of aromatic nitrogens is 3. The van der Waals surface area contributed by atoms with Gasteiger partial charge in [-0.25, -0.2) is 4.98 Å². The van der Waals surface area contributed by atoms with E-state index in [0.717, 1.165) is 31.7 Å². The lowest BCUT2D eigenvalue weighted by molar-refractivity contribution is 0.102. The lowest BCUT2D eigenvalue weighted by Gasteiger charge is -2.29. The normalized spacial score (nSPS) is 16.4. The molecular formula is C14H18N6OS. The Morgan fingerprint density at radius 2 is 2.18 bits per heavy atom. The fourth-order valence-corrected chi connectivity index (χ4v) is 2.81. The van der Waals surface area contributed by atoms with Gasteiger partial charge in [0.25, 0.3) is 5.91 Å². The molecule has 0 radical (unpaired) electrons. The second-order valence-electron chi connectivity index (χ2n) is 5.35. The Balaban J connectivity index is 1.57. The van der Waals surface area contributed by atoms with Gasteiger partial charge in [0.2, 0.25) is 5.13 Å². The summed E-state index contributed by atoms with van der Waals surface area (Å²) in [7, 11) is 2.14. The molecule has 0 spiro atoms. The Hall–Kier alpha value is -2.06. The first kappa shape index (κ1) is 14.9. The van der Waals surface area contributed by atoms with E-state index in [-0.39, 0.29) is 5.91 Å². The largest absolute Gasteiger partial charge is 0.367 e. The number of hydrogen-bond acceptors (Lipinski definition) is 7. The zero-order valence-corrected chi connectivity index (χ0v) is 13.1. The third-order valence-electron chi connectivity index (χ3n) is 3.68. The van der Waals surface area contributed by atoms with Gasteiger partial charge in [0, 0.05) is 12.2 Å². The number of anilines is 2. The minimum Gasteiger partial charge on any atom is -0.367 e. The van der Waals surface area contributed by atoms with Crippen LogP contribution in [0, 0.1) is 0 Å². The molecule has 0 bridgehead atoms. The summed E-state index contributed by atoms with van der Waals surface area (Å²) >= 11 is 1.28. The highest BCUT2D eigenvalue weighted by Gasteiger charge is 2.16. The van der Waals surface area contributed by atoms with E-state index >= 15 is 0 Å². The van der Waals surface area contributed by atoms with Gasteiger partial charge in [0.15, 0.2) is 0 Å². The highest BCUT2D eigenvalue weighted by molar-refractivity contribution is 7.13. The van der Waals surface area contributed by atoms with Crippen molar-refractivity contribution in [1.29, 1.82) is 0 Å². The van der Waals surface area contributed by atoms with Crippen molar-refractivity contribution in [2.45, 2.75) is 18.9 Å². The van der Waals surface area contributed by atoms with Crippen LogP contribution in [0.1, 0.15) is 23.2 Å². The molecule has 0 atom stereocenters. The number of carbonyl (C=O) groups is 1. The second-order valence-corrected chi connectivity index (χ2v) is 6.19. The van der Waals surface area contributed by atoms with E-state index in [1.165, 1.54) is 11.3 Å². The van der Waals surface area contributed by atoms with Crippen LogP contribution >= 0.6 is 11.3 Å². The lowest BCUT2D eigenvalue weighted by atomic mass is 10.1. The summed E-state index contributed by atoms with van der Waals surface area (Å²) in [5.41, 5.74) is 2.08. The molecule has 0 aromatic carbocycles. The Morgan fingerprint density at radius 1 is 1.36 bits per heavy atom. The lowest BCUT2D eigenvalue weighted by Crippen LogP contribution is -2.36. The number of amides is 1. The van der Waals surface area contributed by atoms with Gasteiger partial charge in [0.05, 0.1) is 5.56 Å². The molecule has 116 valence electrons. The van der Waals surface area contributed by atoms with Crippen molar-refractivity contribution in [2.75, 3.05) is 30.8 Å². The number of nitrogens with zero attached hydrogens (tertiary/aromatic N) is 4. The van der Waals surface area contributed by atoms with Crippen LogP contribution in [0.25, 0.3) is 0 Å². The summed E-state index contributed by atoms with van der Waals surface area (Å²) < 4.78 is 0. The first-order valence-corrected chi connectivity index (χ1v) is 8.07. The maximum Gasteiger partial charge on any atom is 0.259 e. The van der Waals surface area contributed by atoms with Gasteiger partial charge in [-0.2, -0.15) is 0 Å². The molecule has 0 unspecified atom stereocenters.